The zero-order valence-electron chi connectivity index (χ0n) is 13.2. The second-order valence-corrected chi connectivity index (χ2v) is 6.27. The molecule has 0 fully saturated rings. The molecule has 0 aromatic heterocycles. The molecule has 5 heteroatoms. The summed E-state index contributed by atoms with van der Waals surface area (Å²) in [6, 6.07) is 13.8. The first-order valence-electron chi connectivity index (χ1n) is 7.38. The summed E-state index contributed by atoms with van der Waals surface area (Å²) in [6.07, 6.45) is 0. The van der Waals surface area contributed by atoms with Gasteiger partial charge in [0, 0.05) is 5.02 Å². The summed E-state index contributed by atoms with van der Waals surface area (Å²) in [4.78, 5) is 4.59. The first kappa shape index (κ1) is 15.8. The Morgan fingerprint density at radius 1 is 1.22 bits per heavy atom. The summed E-state index contributed by atoms with van der Waals surface area (Å²) in [5, 5.41) is 0.638. The fraction of sp³-hybridized carbons (Fsp3) is 0.278. The van der Waals surface area contributed by atoms with Crippen molar-refractivity contribution in [1.82, 2.24) is 0 Å². The molecule has 0 amide bonds. The van der Waals surface area contributed by atoms with Gasteiger partial charge in [-0.3, -0.25) is 4.99 Å². The predicted molar refractivity (Wildman–Crippen MR) is 93.2 cm³/mol. The van der Waals surface area contributed by atoms with Crippen molar-refractivity contribution in [2.75, 3.05) is 20.3 Å². The van der Waals surface area contributed by atoms with Gasteiger partial charge in [-0.25, -0.2) is 0 Å². The number of hydrogen-bond donors (Lipinski definition) is 1. The summed E-state index contributed by atoms with van der Waals surface area (Å²) >= 11 is 6.18. The third-order valence-electron chi connectivity index (χ3n) is 3.95. The summed E-state index contributed by atoms with van der Waals surface area (Å²) in [5.74, 6) is 1.25. The number of nitrogens with two attached hydrogens (primary N) is 1. The number of aliphatic imine (C=N–C) groups is 1. The Kier molecular flexibility index (Phi) is 4.28. The van der Waals surface area contributed by atoms with Crippen LogP contribution < -0.4 is 10.5 Å². The Labute approximate surface area is 140 Å². The van der Waals surface area contributed by atoms with Crippen LogP contribution in [0.4, 0.5) is 0 Å². The van der Waals surface area contributed by atoms with Gasteiger partial charge in [0.2, 0.25) is 0 Å². The molecule has 120 valence electrons. The summed E-state index contributed by atoms with van der Waals surface area (Å²) in [6.45, 7) is 2.92. The molecular formula is C18H19ClN2O2. The van der Waals surface area contributed by atoms with Gasteiger partial charge in [0.15, 0.2) is 0 Å². The molecule has 0 radical (unpaired) electrons. The number of ether oxygens (including phenoxy) is 2. The van der Waals surface area contributed by atoms with Crippen molar-refractivity contribution >= 4 is 17.4 Å². The normalized spacial score (nSPS) is 20.9. The molecule has 2 N–H and O–H groups in total. The fourth-order valence-electron chi connectivity index (χ4n) is 2.76. The van der Waals surface area contributed by atoms with Crippen molar-refractivity contribution in [2.45, 2.75) is 12.5 Å². The molecule has 2 aromatic rings. The van der Waals surface area contributed by atoms with Crippen LogP contribution in [-0.2, 0) is 10.3 Å². The van der Waals surface area contributed by atoms with Crippen LogP contribution in [0.15, 0.2) is 47.5 Å². The van der Waals surface area contributed by atoms with E-state index in [0.717, 1.165) is 22.4 Å². The third kappa shape index (κ3) is 3.33. The van der Waals surface area contributed by atoms with E-state index in [1.165, 1.54) is 0 Å². The number of halogens is 1. The number of amidine groups is 1. The standard InChI is InChI=1S/C18H19ClN2O2/c1-18(11-23-10-17(20)21-18)14-5-3-4-12(6-14)13-7-15(19)9-16(8-13)22-2/h3-9H,10-11H2,1-2H3,(H2,20,21). The maximum atomic E-state index is 6.18. The average molecular weight is 331 g/mol. The van der Waals surface area contributed by atoms with Gasteiger partial charge in [0.1, 0.15) is 23.7 Å². The minimum absolute atomic E-state index is 0.390. The predicted octanol–water partition coefficient (Wildman–Crippen LogP) is 3.62. The Bertz CT molecular complexity index is 760. The van der Waals surface area contributed by atoms with E-state index < -0.39 is 5.54 Å². The quantitative estimate of drug-likeness (QED) is 0.935. The Balaban J connectivity index is 2.04. The van der Waals surface area contributed by atoms with E-state index in [2.05, 4.69) is 11.1 Å². The molecule has 1 unspecified atom stereocenters. The van der Waals surface area contributed by atoms with Gasteiger partial charge >= 0.3 is 0 Å². The molecular weight excluding hydrogens is 312 g/mol. The van der Waals surface area contributed by atoms with Gasteiger partial charge in [0.05, 0.1) is 13.7 Å². The summed E-state index contributed by atoms with van der Waals surface area (Å²) in [5.41, 5.74) is 8.47. The largest absolute Gasteiger partial charge is 0.497 e. The van der Waals surface area contributed by atoms with Crippen molar-refractivity contribution in [3.63, 3.8) is 0 Å². The van der Waals surface area contributed by atoms with Gasteiger partial charge in [-0.2, -0.15) is 0 Å². The Morgan fingerprint density at radius 2 is 2.04 bits per heavy atom. The zero-order valence-corrected chi connectivity index (χ0v) is 13.9. The third-order valence-corrected chi connectivity index (χ3v) is 4.17. The van der Waals surface area contributed by atoms with E-state index in [1.807, 2.05) is 37.3 Å². The highest BCUT2D eigenvalue weighted by atomic mass is 35.5. The molecule has 23 heavy (non-hydrogen) atoms. The minimum Gasteiger partial charge on any atom is -0.497 e. The summed E-state index contributed by atoms with van der Waals surface area (Å²) < 4.78 is 10.9. The second-order valence-electron chi connectivity index (χ2n) is 5.83. The van der Waals surface area contributed by atoms with E-state index >= 15 is 0 Å². The Morgan fingerprint density at radius 3 is 2.78 bits per heavy atom. The van der Waals surface area contributed by atoms with Crippen molar-refractivity contribution in [1.29, 1.82) is 0 Å². The van der Waals surface area contributed by atoms with Gasteiger partial charge in [-0.1, -0.05) is 29.8 Å². The maximum absolute atomic E-state index is 6.18. The molecule has 0 bridgehead atoms. The highest BCUT2D eigenvalue weighted by Crippen LogP contribution is 2.33. The van der Waals surface area contributed by atoms with Crippen LogP contribution in [-0.4, -0.2) is 26.2 Å². The maximum Gasteiger partial charge on any atom is 0.121 e. The van der Waals surface area contributed by atoms with Crippen LogP contribution in [0.3, 0.4) is 0 Å². The lowest BCUT2D eigenvalue weighted by Crippen LogP contribution is -2.37. The van der Waals surface area contributed by atoms with Crippen LogP contribution in [0.25, 0.3) is 11.1 Å². The fourth-order valence-corrected chi connectivity index (χ4v) is 2.99. The molecule has 1 aliphatic rings. The number of hydrogen-bond acceptors (Lipinski definition) is 4. The average Bonchev–Trinajstić information content (AvgIpc) is 2.54. The zero-order chi connectivity index (χ0) is 16.4. The number of methoxy groups -OCH3 is 1. The van der Waals surface area contributed by atoms with Gasteiger partial charge in [0.25, 0.3) is 0 Å². The molecule has 1 heterocycles. The van der Waals surface area contributed by atoms with E-state index in [4.69, 9.17) is 26.8 Å². The van der Waals surface area contributed by atoms with Gasteiger partial charge < -0.3 is 15.2 Å². The number of rotatable bonds is 3. The van der Waals surface area contributed by atoms with E-state index in [1.54, 1.807) is 13.2 Å². The van der Waals surface area contributed by atoms with Crippen LogP contribution in [0, 0.1) is 0 Å². The van der Waals surface area contributed by atoms with Crippen LogP contribution in [0.5, 0.6) is 5.75 Å². The lowest BCUT2D eigenvalue weighted by Gasteiger charge is -2.30. The van der Waals surface area contributed by atoms with E-state index in [-0.39, 0.29) is 0 Å². The van der Waals surface area contributed by atoms with Crippen molar-refractivity contribution in [3.05, 3.63) is 53.1 Å². The number of nitrogens with zero attached hydrogens (tertiary/aromatic N) is 1. The molecule has 0 saturated carbocycles. The summed E-state index contributed by atoms with van der Waals surface area (Å²) in [7, 11) is 1.63. The lowest BCUT2D eigenvalue weighted by molar-refractivity contribution is 0.106. The lowest BCUT2D eigenvalue weighted by atomic mass is 9.90. The van der Waals surface area contributed by atoms with E-state index in [9.17, 15) is 0 Å². The Hall–Kier alpha value is -2.04. The highest BCUT2D eigenvalue weighted by Gasteiger charge is 2.30. The molecule has 4 nitrogen and oxygen atoms in total. The van der Waals surface area contributed by atoms with Crippen LogP contribution >= 0.6 is 11.6 Å². The molecule has 1 aliphatic heterocycles. The topological polar surface area (TPSA) is 56.8 Å². The van der Waals surface area contributed by atoms with Gasteiger partial charge in [-0.15, -0.1) is 0 Å². The molecule has 0 saturated heterocycles. The van der Waals surface area contributed by atoms with E-state index in [0.29, 0.717) is 24.1 Å². The van der Waals surface area contributed by atoms with Crippen LogP contribution in [0.1, 0.15) is 12.5 Å². The van der Waals surface area contributed by atoms with Crippen molar-refractivity contribution < 1.29 is 9.47 Å². The van der Waals surface area contributed by atoms with Crippen LogP contribution in [0.2, 0.25) is 5.02 Å². The first-order valence-corrected chi connectivity index (χ1v) is 7.75. The molecule has 0 spiro atoms. The SMILES string of the molecule is COc1cc(Cl)cc(-c2cccc(C3(C)COCC(N)=N3)c2)c1. The number of benzene rings is 2. The second kappa shape index (κ2) is 6.22. The molecule has 3 rings (SSSR count). The highest BCUT2D eigenvalue weighted by molar-refractivity contribution is 6.31. The first-order chi connectivity index (χ1) is 11.0. The van der Waals surface area contributed by atoms with Crippen molar-refractivity contribution in [2.24, 2.45) is 10.7 Å². The minimum atomic E-state index is -0.471. The molecule has 0 aliphatic carbocycles. The smallest absolute Gasteiger partial charge is 0.121 e. The molecule has 2 aromatic carbocycles. The van der Waals surface area contributed by atoms with Gasteiger partial charge in [-0.05, 0) is 47.9 Å². The molecule has 1 atom stereocenters. The van der Waals surface area contributed by atoms with Crippen molar-refractivity contribution in [3.8, 4) is 16.9 Å². The monoisotopic (exact) mass is 330 g/mol.